The van der Waals surface area contributed by atoms with Crippen LogP contribution in [0.4, 0.5) is 5.88 Å². The van der Waals surface area contributed by atoms with Crippen LogP contribution in [0.3, 0.4) is 0 Å². The van der Waals surface area contributed by atoms with Crippen LogP contribution in [0.1, 0.15) is 31.9 Å². The lowest BCUT2D eigenvalue weighted by molar-refractivity contribution is 0.421. The van der Waals surface area contributed by atoms with Gasteiger partial charge in [0.2, 0.25) is 5.88 Å². The van der Waals surface area contributed by atoms with Gasteiger partial charge in [-0.1, -0.05) is 42.7 Å². The zero-order valence-electron chi connectivity index (χ0n) is 9.90. The molecule has 3 nitrogen and oxygen atoms in total. The Morgan fingerprint density at radius 3 is 2.88 bits per heavy atom. The van der Waals surface area contributed by atoms with Gasteiger partial charge in [-0.2, -0.15) is 0 Å². The number of anilines is 1. The molecule has 0 aliphatic carbocycles. The maximum Gasteiger partial charge on any atom is 0.230 e. The molecule has 1 heterocycles. The molecule has 90 valence electrons. The van der Waals surface area contributed by atoms with Gasteiger partial charge in [-0.15, -0.1) is 0 Å². The average molecular weight is 251 g/mol. The Hall–Kier alpha value is -1.48. The van der Waals surface area contributed by atoms with Crippen LogP contribution in [0, 0.1) is 0 Å². The van der Waals surface area contributed by atoms with Crippen molar-refractivity contribution in [2.24, 2.45) is 0 Å². The molecule has 17 heavy (non-hydrogen) atoms. The number of rotatable bonds is 3. The van der Waals surface area contributed by atoms with E-state index in [9.17, 15) is 0 Å². The number of hydrogen-bond donors (Lipinski definition) is 1. The first kappa shape index (κ1) is 12.0. The molecule has 0 fully saturated rings. The molecule has 1 atom stereocenters. The maximum absolute atomic E-state index is 5.99. The normalized spacial score (nSPS) is 12.6. The second-order valence-electron chi connectivity index (χ2n) is 4.13. The Morgan fingerprint density at radius 2 is 2.24 bits per heavy atom. The summed E-state index contributed by atoms with van der Waals surface area (Å²) in [5.41, 5.74) is 8.55. The number of nitrogen functional groups attached to an aromatic ring is 1. The lowest BCUT2D eigenvalue weighted by Gasteiger charge is -2.07. The van der Waals surface area contributed by atoms with E-state index in [2.05, 4.69) is 19.0 Å². The van der Waals surface area contributed by atoms with E-state index >= 15 is 0 Å². The van der Waals surface area contributed by atoms with Crippen molar-refractivity contribution in [1.82, 2.24) is 5.16 Å². The predicted octanol–water partition coefficient (Wildman–Crippen LogP) is 4.09. The van der Waals surface area contributed by atoms with Crippen LogP contribution >= 0.6 is 11.6 Å². The van der Waals surface area contributed by atoms with Gasteiger partial charge in [0.05, 0.1) is 11.3 Å². The van der Waals surface area contributed by atoms with E-state index in [1.165, 1.54) is 0 Å². The van der Waals surface area contributed by atoms with Gasteiger partial charge in [0.15, 0.2) is 0 Å². The van der Waals surface area contributed by atoms with Gasteiger partial charge < -0.3 is 10.3 Å². The smallest absolute Gasteiger partial charge is 0.230 e. The Labute approximate surface area is 106 Å². The van der Waals surface area contributed by atoms with Crippen LogP contribution in [0.25, 0.3) is 11.1 Å². The fourth-order valence-corrected chi connectivity index (χ4v) is 1.97. The van der Waals surface area contributed by atoms with Crippen LogP contribution in [0.5, 0.6) is 0 Å². The second kappa shape index (κ2) is 4.80. The summed E-state index contributed by atoms with van der Waals surface area (Å²) in [5, 5.41) is 4.73. The Kier molecular flexibility index (Phi) is 3.38. The van der Waals surface area contributed by atoms with E-state index in [4.69, 9.17) is 21.9 Å². The van der Waals surface area contributed by atoms with Crippen LogP contribution in [0.15, 0.2) is 28.8 Å². The number of aromatic nitrogens is 1. The third-order valence-electron chi connectivity index (χ3n) is 2.94. The van der Waals surface area contributed by atoms with E-state index in [0.29, 0.717) is 16.8 Å². The average Bonchev–Trinajstić information content (AvgIpc) is 2.70. The van der Waals surface area contributed by atoms with Crippen LogP contribution in [0.2, 0.25) is 5.02 Å². The van der Waals surface area contributed by atoms with E-state index < -0.39 is 0 Å². The van der Waals surface area contributed by atoms with Gasteiger partial charge in [-0.25, -0.2) is 0 Å². The Bertz CT molecular complexity index is 522. The highest BCUT2D eigenvalue weighted by Gasteiger charge is 2.19. The molecule has 1 aromatic carbocycles. The number of nitrogens with two attached hydrogens (primary N) is 1. The molecule has 0 aliphatic heterocycles. The van der Waals surface area contributed by atoms with Crippen LogP contribution < -0.4 is 5.73 Å². The van der Waals surface area contributed by atoms with Crippen molar-refractivity contribution in [3.05, 3.63) is 35.0 Å². The first-order chi connectivity index (χ1) is 8.13. The van der Waals surface area contributed by atoms with E-state index in [1.807, 2.05) is 24.3 Å². The minimum atomic E-state index is 0.310. The highest BCUT2D eigenvalue weighted by Crippen LogP contribution is 2.35. The van der Waals surface area contributed by atoms with Gasteiger partial charge in [-0.05, 0) is 24.1 Å². The molecule has 0 radical (unpaired) electrons. The largest absolute Gasteiger partial charge is 0.367 e. The minimum Gasteiger partial charge on any atom is -0.367 e. The standard InChI is InChI=1S/C13H15ClN2O/c1-3-8(2)12-11(13(15)17-16-12)9-5-4-6-10(14)7-9/h4-8H,3,15H2,1-2H3. The van der Waals surface area contributed by atoms with E-state index in [-0.39, 0.29) is 0 Å². The molecule has 0 bridgehead atoms. The lowest BCUT2D eigenvalue weighted by atomic mass is 9.96. The molecule has 0 spiro atoms. The number of nitrogens with zero attached hydrogens (tertiary/aromatic N) is 1. The van der Waals surface area contributed by atoms with Gasteiger partial charge >= 0.3 is 0 Å². The summed E-state index contributed by atoms with van der Waals surface area (Å²) in [6.45, 7) is 4.21. The molecular formula is C13H15ClN2O. The van der Waals surface area contributed by atoms with Gasteiger partial charge in [0, 0.05) is 10.9 Å². The lowest BCUT2D eigenvalue weighted by Crippen LogP contribution is -1.95. The van der Waals surface area contributed by atoms with Crippen molar-refractivity contribution in [3.63, 3.8) is 0 Å². The minimum absolute atomic E-state index is 0.310. The van der Waals surface area contributed by atoms with Crippen LogP contribution in [-0.2, 0) is 0 Å². The van der Waals surface area contributed by atoms with E-state index in [0.717, 1.165) is 23.2 Å². The topological polar surface area (TPSA) is 52.0 Å². The molecule has 1 aromatic heterocycles. The SMILES string of the molecule is CCC(C)c1noc(N)c1-c1cccc(Cl)c1. The summed E-state index contributed by atoms with van der Waals surface area (Å²) in [5.74, 6) is 0.660. The molecular weight excluding hydrogens is 236 g/mol. The van der Waals surface area contributed by atoms with Crippen molar-refractivity contribution < 1.29 is 4.52 Å². The molecule has 0 aliphatic rings. The molecule has 4 heteroatoms. The van der Waals surface area contributed by atoms with Crippen molar-refractivity contribution in [2.45, 2.75) is 26.2 Å². The zero-order valence-corrected chi connectivity index (χ0v) is 10.7. The molecule has 2 N–H and O–H groups in total. The predicted molar refractivity (Wildman–Crippen MR) is 70.1 cm³/mol. The highest BCUT2D eigenvalue weighted by atomic mass is 35.5. The third kappa shape index (κ3) is 2.29. The number of benzene rings is 1. The van der Waals surface area contributed by atoms with Crippen LogP contribution in [-0.4, -0.2) is 5.16 Å². The first-order valence-corrected chi connectivity index (χ1v) is 6.02. The zero-order chi connectivity index (χ0) is 12.4. The first-order valence-electron chi connectivity index (χ1n) is 5.64. The molecule has 0 saturated carbocycles. The summed E-state index contributed by atoms with van der Waals surface area (Å²) >= 11 is 5.99. The van der Waals surface area contributed by atoms with Gasteiger partial charge in [0.1, 0.15) is 0 Å². The maximum atomic E-state index is 5.99. The molecule has 0 amide bonds. The quantitative estimate of drug-likeness (QED) is 0.893. The van der Waals surface area contributed by atoms with Gasteiger partial charge in [0.25, 0.3) is 0 Å². The van der Waals surface area contributed by atoms with Crippen molar-refractivity contribution >= 4 is 17.5 Å². The molecule has 1 unspecified atom stereocenters. The molecule has 2 rings (SSSR count). The third-order valence-corrected chi connectivity index (χ3v) is 3.17. The Balaban J connectivity index is 2.54. The van der Waals surface area contributed by atoms with Crippen molar-refractivity contribution in [3.8, 4) is 11.1 Å². The van der Waals surface area contributed by atoms with Gasteiger partial charge in [-0.3, -0.25) is 0 Å². The highest BCUT2D eigenvalue weighted by molar-refractivity contribution is 6.30. The fourth-order valence-electron chi connectivity index (χ4n) is 1.78. The Morgan fingerprint density at radius 1 is 1.47 bits per heavy atom. The second-order valence-corrected chi connectivity index (χ2v) is 4.56. The number of hydrogen-bond acceptors (Lipinski definition) is 3. The van der Waals surface area contributed by atoms with Crippen molar-refractivity contribution in [2.75, 3.05) is 5.73 Å². The molecule has 0 saturated heterocycles. The summed E-state index contributed by atoms with van der Waals surface area (Å²) in [7, 11) is 0. The summed E-state index contributed by atoms with van der Waals surface area (Å²) in [6.07, 6.45) is 0.986. The monoisotopic (exact) mass is 250 g/mol. The van der Waals surface area contributed by atoms with Crippen molar-refractivity contribution in [1.29, 1.82) is 0 Å². The summed E-state index contributed by atoms with van der Waals surface area (Å²) < 4.78 is 5.10. The summed E-state index contributed by atoms with van der Waals surface area (Å²) in [4.78, 5) is 0. The molecule has 2 aromatic rings. The summed E-state index contributed by atoms with van der Waals surface area (Å²) in [6, 6.07) is 7.55. The number of halogens is 1. The van der Waals surface area contributed by atoms with E-state index in [1.54, 1.807) is 0 Å². The fraction of sp³-hybridized carbons (Fsp3) is 0.308.